The van der Waals surface area contributed by atoms with Gasteiger partial charge in [-0.2, -0.15) is 0 Å². The Morgan fingerprint density at radius 1 is 1.53 bits per heavy atom. The minimum Gasteiger partial charge on any atom is -0.440 e. The maximum atomic E-state index is 6.10. The van der Waals surface area contributed by atoms with Crippen molar-refractivity contribution in [2.75, 3.05) is 0 Å². The van der Waals surface area contributed by atoms with Crippen molar-refractivity contribution >= 4 is 11.8 Å². The molecule has 0 aliphatic rings. The molecule has 1 aromatic heterocycles. The van der Waals surface area contributed by atoms with Gasteiger partial charge in [0.05, 0.1) is 5.69 Å². The SMILES string of the molecule is CCCC(N)C(CC)Sc1nc(C)co1. The maximum Gasteiger partial charge on any atom is 0.256 e. The van der Waals surface area contributed by atoms with Crippen molar-refractivity contribution in [3.8, 4) is 0 Å². The number of thioether (sulfide) groups is 1. The van der Waals surface area contributed by atoms with Crippen LogP contribution < -0.4 is 5.73 Å². The van der Waals surface area contributed by atoms with E-state index < -0.39 is 0 Å². The van der Waals surface area contributed by atoms with Gasteiger partial charge in [-0.25, -0.2) is 4.98 Å². The number of nitrogens with zero attached hydrogens (tertiary/aromatic N) is 1. The standard InChI is InChI=1S/C11H20N2OS/c1-4-6-9(12)10(5-2)15-11-13-8(3)7-14-11/h7,9-10H,4-6,12H2,1-3H3. The van der Waals surface area contributed by atoms with Crippen LogP contribution in [-0.2, 0) is 0 Å². The molecule has 0 saturated carbocycles. The molecule has 0 aromatic carbocycles. The summed E-state index contributed by atoms with van der Waals surface area (Å²) in [7, 11) is 0. The molecule has 0 aliphatic heterocycles. The monoisotopic (exact) mass is 228 g/mol. The van der Waals surface area contributed by atoms with E-state index in [0.29, 0.717) is 5.25 Å². The van der Waals surface area contributed by atoms with Crippen molar-refractivity contribution in [2.24, 2.45) is 5.73 Å². The van der Waals surface area contributed by atoms with Crippen LogP contribution in [0.2, 0.25) is 0 Å². The van der Waals surface area contributed by atoms with Crippen molar-refractivity contribution in [3.05, 3.63) is 12.0 Å². The molecule has 1 aromatic rings. The van der Waals surface area contributed by atoms with Crippen LogP contribution in [0.4, 0.5) is 0 Å². The molecule has 0 fully saturated rings. The number of nitrogens with two attached hydrogens (primary N) is 1. The van der Waals surface area contributed by atoms with E-state index in [1.54, 1.807) is 18.0 Å². The second kappa shape index (κ2) is 6.18. The van der Waals surface area contributed by atoms with E-state index >= 15 is 0 Å². The van der Waals surface area contributed by atoms with Crippen molar-refractivity contribution in [1.82, 2.24) is 4.98 Å². The Morgan fingerprint density at radius 3 is 2.73 bits per heavy atom. The zero-order valence-electron chi connectivity index (χ0n) is 9.69. The second-order valence-electron chi connectivity index (χ2n) is 3.77. The van der Waals surface area contributed by atoms with Gasteiger partial charge in [-0.05, 0) is 19.8 Å². The predicted molar refractivity (Wildman–Crippen MR) is 64.1 cm³/mol. The lowest BCUT2D eigenvalue weighted by molar-refractivity contribution is 0.450. The minimum atomic E-state index is 0.234. The summed E-state index contributed by atoms with van der Waals surface area (Å²) < 4.78 is 5.32. The molecule has 0 spiro atoms. The number of oxazole rings is 1. The third kappa shape index (κ3) is 3.87. The zero-order chi connectivity index (χ0) is 11.3. The van der Waals surface area contributed by atoms with E-state index in [0.717, 1.165) is 30.2 Å². The van der Waals surface area contributed by atoms with Crippen LogP contribution in [-0.4, -0.2) is 16.3 Å². The molecule has 2 unspecified atom stereocenters. The van der Waals surface area contributed by atoms with Gasteiger partial charge in [0.25, 0.3) is 5.22 Å². The number of aryl methyl sites for hydroxylation is 1. The summed E-state index contributed by atoms with van der Waals surface area (Å²) in [5.41, 5.74) is 7.03. The normalized spacial score (nSPS) is 15.2. The van der Waals surface area contributed by atoms with Crippen LogP contribution in [0.1, 0.15) is 38.8 Å². The number of hydrogen-bond donors (Lipinski definition) is 1. The van der Waals surface area contributed by atoms with E-state index in [-0.39, 0.29) is 6.04 Å². The summed E-state index contributed by atoms with van der Waals surface area (Å²) in [6.07, 6.45) is 4.92. The second-order valence-corrected chi connectivity index (χ2v) is 4.96. The van der Waals surface area contributed by atoms with Crippen molar-refractivity contribution < 1.29 is 4.42 Å². The molecular formula is C11H20N2OS. The highest BCUT2D eigenvalue weighted by molar-refractivity contribution is 7.99. The molecule has 15 heavy (non-hydrogen) atoms. The molecular weight excluding hydrogens is 208 g/mol. The molecule has 3 nitrogen and oxygen atoms in total. The Bertz CT molecular complexity index is 288. The van der Waals surface area contributed by atoms with Crippen LogP contribution in [0.5, 0.6) is 0 Å². The van der Waals surface area contributed by atoms with E-state index in [2.05, 4.69) is 18.8 Å². The Balaban J connectivity index is 2.53. The van der Waals surface area contributed by atoms with Gasteiger partial charge in [0.1, 0.15) is 6.26 Å². The van der Waals surface area contributed by atoms with Crippen LogP contribution in [0, 0.1) is 6.92 Å². The van der Waals surface area contributed by atoms with E-state index in [1.807, 2.05) is 6.92 Å². The first-order valence-electron chi connectivity index (χ1n) is 5.51. The van der Waals surface area contributed by atoms with Crippen molar-refractivity contribution in [2.45, 2.75) is 56.5 Å². The lowest BCUT2D eigenvalue weighted by atomic mass is 10.1. The fourth-order valence-electron chi connectivity index (χ4n) is 1.51. The Labute approximate surface area is 95.8 Å². The highest BCUT2D eigenvalue weighted by atomic mass is 32.2. The smallest absolute Gasteiger partial charge is 0.256 e. The molecule has 4 heteroatoms. The largest absolute Gasteiger partial charge is 0.440 e. The number of rotatable bonds is 6. The van der Waals surface area contributed by atoms with Crippen LogP contribution >= 0.6 is 11.8 Å². The molecule has 0 bridgehead atoms. The van der Waals surface area contributed by atoms with Gasteiger partial charge in [0.2, 0.25) is 0 Å². The lowest BCUT2D eigenvalue weighted by Gasteiger charge is -2.19. The van der Waals surface area contributed by atoms with Crippen LogP contribution in [0.15, 0.2) is 15.9 Å². The third-order valence-corrected chi connectivity index (χ3v) is 3.73. The highest BCUT2D eigenvalue weighted by Crippen LogP contribution is 2.27. The van der Waals surface area contributed by atoms with Gasteiger partial charge < -0.3 is 10.2 Å². The minimum absolute atomic E-state index is 0.234. The molecule has 0 radical (unpaired) electrons. The van der Waals surface area contributed by atoms with E-state index in [1.165, 1.54) is 0 Å². The van der Waals surface area contributed by atoms with Gasteiger partial charge in [-0.1, -0.05) is 32.0 Å². The quantitative estimate of drug-likeness (QED) is 0.760. The summed E-state index contributed by atoms with van der Waals surface area (Å²) in [5, 5.41) is 1.15. The van der Waals surface area contributed by atoms with Gasteiger partial charge in [-0.3, -0.25) is 0 Å². The summed E-state index contributed by atoms with van der Waals surface area (Å²) in [6.45, 7) is 6.25. The molecule has 0 aliphatic carbocycles. The van der Waals surface area contributed by atoms with E-state index in [4.69, 9.17) is 10.2 Å². The zero-order valence-corrected chi connectivity index (χ0v) is 10.5. The maximum absolute atomic E-state index is 6.10. The number of aromatic nitrogens is 1. The van der Waals surface area contributed by atoms with Crippen LogP contribution in [0.3, 0.4) is 0 Å². The fourth-order valence-corrected chi connectivity index (χ4v) is 2.55. The highest BCUT2D eigenvalue weighted by Gasteiger charge is 2.18. The molecule has 2 N–H and O–H groups in total. The Kier molecular flexibility index (Phi) is 5.19. The van der Waals surface area contributed by atoms with Gasteiger partial charge >= 0.3 is 0 Å². The summed E-state index contributed by atoms with van der Waals surface area (Å²) >= 11 is 1.65. The average molecular weight is 228 g/mol. The molecule has 1 rings (SSSR count). The molecule has 2 atom stereocenters. The first kappa shape index (κ1) is 12.6. The molecule has 86 valence electrons. The third-order valence-electron chi connectivity index (χ3n) is 2.35. The first-order valence-corrected chi connectivity index (χ1v) is 6.39. The molecule has 1 heterocycles. The average Bonchev–Trinajstić information content (AvgIpc) is 2.61. The van der Waals surface area contributed by atoms with Crippen molar-refractivity contribution in [1.29, 1.82) is 0 Å². The molecule has 0 amide bonds. The van der Waals surface area contributed by atoms with Gasteiger partial charge in [0.15, 0.2) is 0 Å². The van der Waals surface area contributed by atoms with Crippen LogP contribution in [0.25, 0.3) is 0 Å². The van der Waals surface area contributed by atoms with E-state index in [9.17, 15) is 0 Å². The topological polar surface area (TPSA) is 52.0 Å². The molecule has 0 saturated heterocycles. The fraction of sp³-hybridized carbons (Fsp3) is 0.727. The summed E-state index contributed by atoms with van der Waals surface area (Å²) in [4.78, 5) is 4.28. The number of hydrogen-bond acceptors (Lipinski definition) is 4. The predicted octanol–water partition coefficient (Wildman–Crippen LogP) is 2.98. The lowest BCUT2D eigenvalue weighted by Crippen LogP contribution is -2.31. The summed E-state index contributed by atoms with van der Waals surface area (Å²) in [5.74, 6) is 0. The Hall–Kier alpha value is -0.480. The van der Waals surface area contributed by atoms with Crippen molar-refractivity contribution in [3.63, 3.8) is 0 Å². The first-order chi connectivity index (χ1) is 7.17. The Morgan fingerprint density at radius 2 is 2.27 bits per heavy atom. The van der Waals surface area contributed by atoms with Gasteiger partial charge in [-0.15, -0.1) is 0 Å². The summed E-state index contributed by atoms with van der Waals surface area (Å²) in [6, 6.07) is 0.234. The van der Waals surface area contributed by atoms with Gasteiger partial charge in [0, 0.05) is 11.3 Å².